The zero-order chi connectivity index (χ0) is 12.1. The maximum Gasteiger partial charge on any atom is 0.129 e. The fourth-order valence-electron chi connectivity index (χ4n) is 1.48. The molecule has 1 aromatic rings. The molecule has 0 aromatic heterocycles. The van der Waals surface area contributed by atoms with E-state index < -0.39 is 0 Å². The van der Waals surface area contributed by atoms with Crippen LogP contribution in [0.1, 0.15) is 32.3 Å². The van der Waals surface area contributed by atoms with Crippen LogP contribution in [0.4, 0.5) is 0 Å². The van der Waals surface area contributed by atoms with E-state index in [1.807, 2.05) is 13.0 Å². The van der Waals surface area contributed by atoms with Crippen molar-refractivity contribution in [1.82, 2.24) is 0 Å². The van der Waals surface area contributed by atoms with Gasteiger partial charge in [0, 0.05) is 5.02 Å². The number of thiocarbonyl (C=S) groups is 1. The zero-order valence-electron chi connectivity index (χ0n) is 9.50. The normalized spacial score (nSPS) is 12.2. The van der Waals surface area contributed by atoms with E-state index in [1.54, 1.807) is 12.1 Å². The lowest BCUT2D eigenvalue weighted by molar-refractivity contribution is 0.209. The predicted octanol–water partition coefficient (Wildman–Crippen LogP) is 3.54. The molecule has 0 aliphatic rings. The number of ether oxygens (including phenoxy) is 1. The molecular weight excluding hydrogens is 242 g/mol. The molecule has 1 atom stereocenters. The molecule has 1 aromatic carbocycles. The smallest absolute Gasteiger partial charge is 0.129 e. The quantitative estimate of drug-likeness (QED) is 0.820. The first kappa shape index (κ1) is 13.3. The molecule has 0 saturated carbocycles. The third-order valence-corrected chi connectivity index (χ3v) is 2.69. The van der Waals surface area contributed by atoms with Gasteiger partial charge >= 0.3 is 0 Å². The summed E-state index contributed by atoms with van der Waals surface area (Å²) in [5, 5.41) is 0.610. The molecule has 1 unspecified atom stereocenters. The van der Waals surface area contributed by atoms with Crippen molar-refractivity contribution in [3.63, 3.8) is 0 Å². The maximum atomic E-state index is 5.89. The predicted molar refractivity (Wildman–Crippen MR) is 72.3 cm³/mol. The second kappa shape index (κ2) is 6.06. The molecule has 0 aliphatic carbocycles. The van der Waals surface area contributed by atoms with Crippen molar-refractivity contribution in [3.05, 3.63) is 28.8 Å². The van der Waals surface area contributed by atoms with Gasteiger partial charge in [0.25, 0.3) is 0 Å². The number of benzene rings is 1. The van der Waals surface area contributed by atoms with Crippen molar-refractivity contribution in [2.24, 2.45) is 5.73 Å². The summed E-state index contributed by atoms with van der Waals surface area (Å²) in [5.74, 6) is 0.706. The summed E-state index contributed by atoms with van der Waals surface area (Å²) in [6, 6.07) is 5.32. The van der Waals surface area contributed by atoms with E-state index in [4.69, 9.17) is 34.3 Å². The molecule has 1 rings (SSSR count). The molecule has 2 N–H and O–H groups in total. The van der Waals surface area contributed by atoms with E-state index in [1.165, 1.54) is 0 Å². The van der Waals surface area contributed by atoms with Crippen LogP contribution in [-0.2, 0) is 0 Å². The summed E-state index contributed by atoms with van der Waals surface area (Å²) in [6.07, 6.45) is 2.23. The van der Waals surface area contributed by atoms with Gasteiger partial charge in [0.05, 0.1) is 11.7 Å². The van der Waals surface area contributed by atoms with E-state index in [0.717, 1.165) is 12.8 Å². The van der Waals surface area contributed by atoms with Crippen LogP contribution in [-0.4, -0.2) is 11.1 Å². The van der Waals surface area contributed by atoms with Crippen molar-refractivity contribution in [2.45, 2.75) is 32.8 Å². The minimum absolute atomic E-state index is 0.152. The van der Waals surface area contributed by atoms with Crippen molar-refractivity contribution < 1.29 is 4.74 Å². The molecule has 0 spiro atoms. The second-order valence-corrected chi connectivity index (χ2v) is 4.60. The fraction of sp³-hybridized carbons (Fsp3) is 0.417. The Morgan fingerprint density at radius 3 is 2.81 bits per heavy atom. The van der Waals surface area contributed by atoms with Crippen LogP contribution in [0.2, 0.25) is 5.02 Å². The van der Waals surface area contributed by atoms with Gasteiger partial charge in [-0.2, -0.15) is 0 Å². The van der Waals surface area contributed by atoms with Gasteiger partial charge < -0.3 is 10.5 Å². The molecular formula is C12H16ClNOS. The number of halogens is 1. The zero-order valence-corrected chi connectivity index (χ0v) is 11.1. The average Bonchev–Trinajstić information content (AvgIpc) is 2.20. The van der Waals surface area contributed by atoms with Crippen LogP contribution >= 0.6 is 23.8 Å². The lowest BCUT2D eigenvalue weighted by Crippen LogP contribution is -2.16. The first-order valence-corrected chi connectivity index (χ1v) is 6.09. The maximum absolute atomic E-state index is 5.89. The molecule has 0 saturated heterocycles. The van der Waals surface area contributed by atoms with E-state index in [0.29, 0.717) is 21.3 Å². The lowest BCUT2D eigenvalue weighted by Gasteiger charge is -2.16. The molecule has 0 aliphatic heterocycles. The standard InChI is InChI=1S/C12H16ClNOS/c1-3-4-8(2)15-11-6-5-9(13)7-10(11)12(14)16/h5-8H,3-4H2,1-2H3,(H2,14,16). The molecule has 0 fully saturated rings. The van der Waals surface area contributed by atoms with Crippen LogP contribution < -0.4 is 10.5 Å². The van der Waals surface area contributed by atoms with Gasteiger partial charge in [-0.25, -0.2) is 0 Å². The van der Waals surface area contributed by atoms with Crippen molar-refractivity contribution in [2.75, 3.05) is 0 Å². The molecule has 0 radical (unpaired) electrons. The Balaban J connectivity index is 2.90. The van der Waals surface area contributed by atoms with Crippen LogP contribution in [0.15, 0.2) is 18.2 Å². The number of nitrogens with two attached hydrogens (primary N) is 1. The Kier molecular flexibility index (Phi) is 5.03. The summed E-state index contributed by atoms with van der Waals surface area (Å²) in [6.45, 7) is 4.15. The van der Waals surface area contributed by atoms with Crippen LogP contribution in [0.3, 0.4) is 0 Å². The summed E-state index contributed by atoms with van der Waals surface area (Å²) < 4.78 is 5.78. The van der Waals surface area contributed by atoms with E-state index in [2.05, 4.69) is 6.92 Å². The van der Waals surface area contributed by atoms with Gasteiger partial charge in [0.1, 0.15) is 10.7 Å². The van der Waals surface area contributed by atoms with Crippen LogP contribution in [0.5, 0.6) is 5.75 Å². The molecule has 0 amide bonds. The summed E-state index contributed by atoms with van der Waals surface area (Å²) in [7, 11) is 0. The number of hydrogen-bond donors (Lipinski definition) is 1. The molecule has 0 heterocycles. The van der Waals surface area contributed by atoms with Gasteiger partial charge in [0.15, 0.2) is 0 Å². The van der Waals surface area contributed by atoms with Gasteiger partial charge in [-0.15, -0.1) is 0 Å². The van der Waals surface area contributed by atoms with E-state index >= 15 is 0 Å². The summed E-state index contributed by atoms with van der Waals surface area (Å²) in [5.41, 5.74) is 6.33. The van der Waals surface area contributed by atoms with Gasteiger partial charge in [-0.05, 0) is 31.5 Å². The Morgan fingerprint density at radius 2 is 2.25 bits per heavy atom. The molecule has 0 bridgehead atoms. The number of rotatable bonds is 5. The summed E-state index contributed by atoms with van der Waals surface area (Å²) >= 11 is 10.9. The first-order valence-electron chi connectivity index (χ1n) is 5.30. The molecule has 16 heavy (non-hydrogen) atoms. The monoisotopic (exact) mass is 257 g/mol. The fourth-order valence-corrected chi connectivity index (χ4v) is 1.81. The van der Waals surface area contributed by atoms with E-state index in [-0.39, 0.29) is 6.10 Å². The Labute approximate surface area is 107 Å². The Hall–Kier alpha value is -0.800. The van der Waals surface area contributed by atoms with Crippen molar-refractivity contribution >= 4 is 28.8 Å². The van der Waals surface area contributed by atoms with Crippen LogP contribution in [0.25, 0.3) is 0 Å². The third kappa shape index (κ3) is 3.65. The highest BCUT2D eigenvalue weighted by Gasteiger charge is 2.10. The topological polar surface area (TPSA) is 35.2 Å². The van der Waals surface area contributed by atoms with Crippen LogP contribution in [0, 0.1) is 0 Å². The minimum atomic E-state index is 0.152. The highest BCUT2D eigenvalue weighted by atomic mass is 35.5. The van der Waals surface area contributed by atoms with Gasteiger partial charge in [0.2, 0.25) is 0 Å². The highest BCUT2D eigenvalue weighted by molar-refractivity contribution is 7.80. The lowest BCUT2D eigenvalue weighted by atomic mass is 10.2. The summed E-state index contributed by atoms with van der Waals surface area (Å²) in [4.78, 5) is 0.307. The molecule has 4 heteroatoms. The SMILES string of the molecule is CCCC(C)Oc1ccc(Cl)cc1C(N)=S. The number of hydrogen-bond acceptors (Lipinski definition) is 2. The van der Waals surface area contributed by atoms with Crippen molar-refractivity contribution in [3.8, 4) is 5.75 Å². The first-order chi connectivity index (χ1) is 7.54. The molecule has 88 valence electrons. The Bertz CT molecular complexity index is 381. The third-order valence-electron chi connectivity index (χ3n) is 2.23. The average molecular weight is 258 g/mol. The molecule has 2 nitrogen and oxygen atoms in total. The minimum Gasteiger partial charge on any atom is -0.490 e. The largest absolute Gasteiger partial charge is 0.490 e. The van der Waals surface area contributed by atoms with Crippen molar-refractivity contribution in [1.29, 1.82) is 0 Å². The van der Waals surface area contributed by atoms with Gasteiger partial charge in [-0.1, -0.05) is 37.2 Å². The second-order valence-electron chi connectivity index (χ2n) is 3.72. The van der Waals surface area contributed by atoms with E-state index in [9.17, 15) is 0 Å². The Morgan fingerprint density at radius 1 is 1.56 bits per heavy atom. The van der Waals surface area contributed by atoms with Gasteiger partial charge in [-0.3, -0.25) is 0 Å². The highest BCUT2D eigenvalue weighted by Crippen LogP contribution is 2.24.